The van der Waals surface area contributed by atoms with Crippen LogP contribution in [-0.4, -0.2) is 137 Å². The standard InChI is InChI=1S/C28H34N4O2.C26H29N3O4.C25H30N4O/c1-18(2)34-27-17-26(30-25(27)16-24-19(3)15-20(4)29-24)28-22(9-10-32-11-13-33-14-12-32)21-7-5-6-8-23(21)31-28;1-15-10-16(2)27-19(15)13-21-24(32-7)14-20(28-21)23-12-17-11-18(31-6)8-9-22(17)29(23)25(30)33-26(3,4)5;1-6-30-24-15-23(27-22(24)14-21-16(2)13-17(3)26-21)25-19(11-12-29(4)5)18-9-7-8-10-20(18)28-25/h5-8,15-18,29-30H,9-14H2,1-4H3;8-14,27H,1-7H3;7-10,13-15,26-27H,6,11-12H2,1-5H3/b25-16-,28-26?;21-13-;22-14-,25-23?. The SMILES string of the molecule is CCOc1cc(=C2N=c3ccccc3=C2CCN(C)C)[nH]/c1=C\c1[nH]c(C)cc1C.COC1=CC(c2cc3cc(OC)ccc3n2C(=O)OC(C)(C)C)=N/C1=C\c1[nH]c(C)cc1C.Cc1cc(C)c(/C=c2\[nH]c(=C3N=c4ccccc4=C3CCN3CCOCC3)cc2OC(C)C)[nH]1. The highest BCUT2D eigenvalue weighted by Crippen LogP contribution is 2.32. The number of para-hydroxylation sites is 2. The van der Waals surface area contributed by atoms with E-state index in [4.69, 9.17) is 43.4 Å². The maximum Gasteiger partial charge on any atom is 0.419 e. The molecule has 1 saturated heterocycles. The lowest BCUT2D eigenvalue weighted by atomic mass is 10.1. The summed E-state index contributed by atoms with van der Waals surface area (Å²) in [6.45, 7) is 30.3. The van der Waals surface area contributed by atoms with Crippen molar-refractivity contribution in [1.29, 1.82) is 0 Å². The molecule has 0 saturated carbocycles. The van der Waals surface area contributed by atoms with Crippen LogP contribution < -0.4 is 56.8 Å². The van der Waals surface area contributed by atoms with E-state index in [2.05, 4.69) is 175 Å². The number of aromatic nitrogens is 6. The second-order valence-corrected chi connectivity index (χ2v) is 26.6. The van der Waals surface area contributed by atoms with Gasteiger partial charge in [-0.25, -0.2) is 24.3 Å². The Morgan fingerprint density at radius 1 is 0.660 bits per heavy atom. The van der Waals surface area contributed by atoms with E-state index >= 15 is 0 Å². The molecule has 97 heavy (non-hydrogen) atoms. The molecular weight excluding hydrogens is 1210 g/mol. The molecule has 0 atom stereocenters. The molecule has 0 spiro atoms. The maximum absolute atomic E-state index is 13.2. The van der Waals surface area contributed by atoms with Gasteiger partial charge in [0.05, 0.1) is 101 Å². The number of aromatic amines is 5. The van der Waals surface area contributed by atoms with Crippen LogP contribution in [0.4, 0.5) is 4.79 Å². The van der Waals surface area contributed by atoms with E-state index in [9.17, 15) is 4.79 Å². The van der Waals surface area contributed by atoms with Crippen molar-refractivity contribution in [3.63, 3.8) is 0 Å². The van der Waals surface area contributed by atoms with Crippen molar-refractivity contribution in [3.8, 4) is 17.2 Å². The average molecular weight is 1310 g/mol. The summed E-state index contributed by atoms with van der Waals surface area (Å²) in [5.74, 6) is 3.03. The number of hydrogen-bond donors (Lipinski definition) is 5. The number of hydrogen-bond acceptors (Lipinski definition) is 12. The summed E-state index contributed by atoms with van der Waals surface area (Å²) in [7, 11) is 7.43. The summed E-state index contributed by atoms with van der Waals surface area (Å²) >= 11 is 0. The zero-order valence-electron chi connectivity index (χ0n) is 59.1. The van der Waals surface area contributed by atoms with Crippen LogP contribution in [0.5, 0.6) is 17.2 Å². The summed E-state index contributed by atoms with van der Waals surface area (Å²) < 4.78 is 35.9. The number of aliphatic imine (C=N–C) groups is 1. The van der Waals surface area contributed by atoms with Crippen molar-refractivity contribution in [2.75, 3.05) is 74.3 Å². The van der Waals surface area contributed by atoms with Crippen LogP contribution in [0, 0.1) is 41.5 Å². The molecule has 1 fully saturated rings. The van der Waals surface area contributed by atoms with Gasteiger partial charge in [-0.05, 0) is 211 Å². The lowest BCUT2D eigenvalue weighted by Gasteiger charge is -2.26. The van der Waals surface area contributed by atoms with E-state index in [1.807, 2.05) is 84.0 Å². The van der Waals surface area contributed by atoms with Gasteiger partial charge in [-0.3, -0.25) is 4.90 Å². The Bertz CT molecular complexity index is 5060. The first kappa shape index (κ1) is 68.5. The van der Waals surface area contributed by atoms with Gasteiger partial charge in [0.1, 0.15) is 34.3 Å². The zero-order valence-corrected chi connectivity index (χ0v) is 59.1. The lowest BCUT2D eigenvalue weighted by molar-refractivity contribution is 0.0390. The Morgan fingerprint density at radius 3 is 1.72 bits per heavy atom. The number of allylic oxidation sites excluding steroid dienone is 1. The second kappa shape index (κ2) is 29.6. The third kappa shape index (κ3) is 16.0. The van der Waals surface area contributed by atoms with Crippen LogP contribution in [0.2, 0.25) is 0 Å². The highest BCUT2D eigenvalue weighted by Gasteiger charge is 2.28. The monoisotopic (exact) mass is 1310 g/mol. The maximum atomic E-state index is 13.2. The highest BCUT2D eigenvalue weighted by molar-refractivity contribution is 6.15. The van der Waals surface area contributed by atoms with E-state index in [0.717, 1.165) is 152 Å². The number of ether oxygens (including phenoxy) is 6. The van der Waals surface area contributed by atoms with Gasteiger partial charge in [0.2, 0.25) is 0 Å². The predicted octanol–water partition coefficient (Wildman–Crippen LogP) is 9.37. The molecule has 5 N–H and O–H groups in total. The minimum atomic E-state index is -0.642. The van der Waals surface area contributed by atoms with Crippen LogP contribution in [0.25, 0.3) is 51.7 Å². The summed E-state index contributed by atoms with van der Waals surface area (Å²) in [5, 5.41) is 9.29. The first-order valence-electron chi connectivity index (χ1n) is 33.5. The number of carbonyl (C=O) groups excluding carboxylic acids is 1. The van der Waals surface area contributed by atoms with Crippen molar-refractivity contribution in [2.45, 2.75) is 108 Å². The Balaban J connectivity index is 0.000000148. The van der Waals surface area contributed by atoms with E-state index in [0.29, 0.717) is 40.7 Å². The summed E-state index contributed by atoms with van der Waals surface area (Å²) in [5.41, 5.74) is 16.6. The molecule has 18 heteroatoms. The first-order valence-corrected chi connectivity index (χ1v) is 33.5. The number of carbonyl (C=O) groups is 1. The fourth-order valence-corrected chi connectivity index (χ4v) is 12.6. The Labute approximate surface area is 567 Å². The van der Waals surface area contributed by atoms with E-state index < -0.39 is 11.7 Å². The number of rotatable bonds is 16. The Kier molecular flexibility index (Phi) is 20.9. The molecule has 0 amide bonds. The van der Waals surface area contributed by atoms with Gasteiger partial charge in [-0.1, -0.05) is 36.4 Å². The summed E-state index contributed by atoms with van der Waals surface area (Å²) in [6.07, 6.45) is 9.55. The summed E-state index contributed by atoms with van der Waals surface area (Å²) in [6, 6.07) is 34.9. The van der Waals surface area contributed by atoms with Crippen molar-refractivity contribution >= 4 is 63.5 Å². The third-order valence-electron chi connectivity index (χ3n) is 17.1. The predicted molar refractivity (Wildman–Crippen MR) is 388 cm³/mol. The topological polar surface area (TPSA) is 200 Å². The van der Waals surface area contributed by atoms with E-state index in [-0.39, 0.29) is 6.10 Å². The smallest absolute Gasteiger partial charge is 0.419 e. The zero-order chi connectivity index (χ0) is 68.8. The van der Waals surface area contributed by atoms with Crippen LogP contribution in [0.1, 0.15) is 111 Å². The van der Waals surface area contributed by atoms with Crippen LogP contribution in [-0.2, 0) is 14.2 Å². The fourth-order valence-electron chi connectivity index (χ4n) is 12.6. The second-order valence-electron chi connectivity index (χ2n) is 26.6. The fraction of sp³-hybridized carbons (Fsp3) is 0.342. The minimum Gasteiger partial charge on any atom is -0.497 e. The molecule has 4 aliphatic rings. The van der Waals surface area contributed by atoms with Gasteiger partial charge in [-0.2, -0.15) is 0 Å². The Hall–Kier alpha value is -9.88. The molecule has 0 unspecified atom stereocenters. The van der Waals surface area contributed by atoms with Gasteiger partial charge in [0.25, 0.3) is 0 Å². The number of fused-ring (bicyclic) bond motifs is 3. The molecular formula is C79H93N11O7. The van der Waals surface area contributed by atoms with Crippen molar-refractivity contribution in [1.82, 2.24) is 39.3 Å². The molecule has 13 rings (SSSR count). The van der Waals surface area contributed by atoms with Crippen molar-refractivity contribution in [2.24, 2.45) is 15.0 Å². The molecule has 6 aromatic heterocycles. The van der Waals surface area contributed by atoms with Crippen molar-refractivity contribution in [3.05, 3.63) is 220 Å². The minimum absolute atomic E-state index is 0.0785. The normalized spacial score (nSPS) is 16.5. The number of nitrogens with zero attached hydrogens (tertiary/aromatic N) is 6. The van der Waals surface area contributed by atoms with Gasteiger partial charge in [0, 0.05) is 94.4 Å². The number of benzene rings is 3. The third-order valence-corrected chi connectivity index (χ3v) is 17.1. The van der Waals surface area contributed by atoms with Gasteiger partial charge in [0.15, 0.2) is 0 Å². The summed E-state index contributed by atoms with van der Waals surface area (Å²) in [4.78, 5) is 50.2. The number of methoxy groups -OCH3 is 2. The number of H-pyrrole nitrogens is 5. The molecule has 0 radical (unpaired) electrons. The quantitative estimate of drug-likeness (QED) is 0.0625. The van der Waals surface area contributed by atoms with E-state index in [1.54, 1.807) is 18.8 Å². The highest BCUT2D eigenvalue weighted by atomic mass is 16.6. The van der Waals surface area contributed by atoms with Gasteiger partial charge < -0.3 is 58.2 Å². The van der Waals surface area contributed by atoms with Gasteiger partial charge in [-0.15, -0.1) is 0 Å². The average Bonchev–Trinajstić information content (AvgIpc) is 1.64. The lowest BCUT2D eigenvalue weighted by Crippen LogP contribution is -2.37. The number of morpholine rings is 1. The number of aryl methyl sites for hydroxylation is 6. The molecule has 0 aliphatic carbocycles. The molecule has 18 nitrogen and oxygen atoms in total. The largest absolute Gasteiger partial charge is 0.497 e. The number of nitrogens with one attached hydrogen (secondary N) is 5. The first-order chi connectivity index (χ1) is 46.5. The van der Waals surface area contributed by atoms with Crippen LogP contribution in [0.15, 0.2) is 136 Å². The molecule has 4 aliphatic heterocycles. The Morgan fingerprint density at radius 2 is 1.21 bits per heavy atom. The molecule has 0 bridgehead atoms. The molecule has 3 aromatic carbocycles. The molecule has 9 aromatic rings. The van der Waals surface area contributed by atoms with Crippen molar-refractivity contribution < 1.29 is 33.2 Å². The van der Waals surface area contributed by atoms with Gasteiger partial charge >= 0.3 is 6.09 Å². The molecule has 10 heterocycles. The van der Waals surface area contributed by atoms with E-state index in [1.165, 1.54) is 32.7 Å². The van der Waals surface area contributed by atoms with Crippen LogP contribution in [0.3, 0.4) is 0 Å². The van der Waals surface area contributed by atoms with Crippen LogP contribution >= 0.6 is 0 Å². The molecule has 506 valence electrons.